The highest BCUT2D eigenvalue weighted by molar-refractivity contribution is 7.99. The van der Waals surface area contributed by atoms with E-state index in [1.54, 1.807) is 11.8 Å². The Morgan fingerprint density at radius 1 is 1.33 bits per heavy atom. The van der Waals surface area contributed by atoms with Crippen LogP contribution in [-0.4, -0.2) is 24.0 Å². The molecule has 0 unspecified atom stereocenters. The zero-order chi connectivity index (χ0) is 13.2. The average Bonchev–Trinajstić information content (AvgIpc) is 2.38. The molecule has 18 heavy (non-hydrogen) atoms. The van der Waals surface area contributed by atoms with E-state index in [0.717, 1.165) is 17.9 Å². The largest absolute Gasteiger partial charge is 0.330 e. The Hall–Kier alpha value is -1.00. The number of unbranched alkanes of at least 4 members (excludes halogenated alkanes) is 1. The monoisotopic (exact) mass is 266 g/mol. The molecule has 0 spiro atoms. The van der Waals surface area contributed by atoms with Crippen LogP contribution >= 0.6 is 11.8 Å². The van der Waals surface area contributed by atoms with E-state index in [-0.39, 0.29) is 5.91 Å². The van der Waals surface area contributed by atoms with Crippen LogP contribution in [0.3, 0.4) is 0 Å². The number of carbonyl (C=O) groups is 1. The molecule has 0 aromatic heterocycles. The number of carbonyl (C=O) groups excluding carboxylic acids is 1. The molecule has 3 N–H and O–H groups in total. The molecule has 0 bridgehead atoms. The summed E-state index contributed by atoms with van der Waals surface area (Å²) in [5, 5.41) is 2.88. The first kappa shape index (κ1) is 15.1. The second-order valence-corrected chi connectivity index (χ2v) is 5.30. The Labute approximate surface area is 114 Å². The van der Waals surface area contributed by atoms with E-state index in [1.165, 1.54) is 18.4 Å². The first-order valence-corrected chi connectivity index (χ1v) is 7.58. The van der Waals surface area contributed by atoms with Crippen molar-refractivity contribution >= 4 is 23.4 Å². The molecule has 1 rings (SSSR count). The van der Waals surface area contributed by atoms with Crippen LogP contribution in [0.25, 0.3) is 0 Å². The van der Waals surface area contributed by atoms with Crippen molar-refractivity contribution in [3.8, 4) is 0 Å². The van der Waals surface area contributed by atoms with Gasteiger partial charge in [0.05, 0.1) is 5.75 Å². The Balaban J connectivity index is 2.35. The Kier molecular flexibility index (Phi) is 7.53. The number of anilines is 1. The highest BCUT2D eigenvalue weighted by Crippen LogP contribution is 2.12. The minimum absolute atomic E-state index is 0.0368. The molecule has 100 valence electrons. The summed E-state index contributed by atoms with van der Waals surface area (Å²) in [6.07, 6.45) is 3.52. The third kappa shape index (κ3) is 6.07. The lowest BCUT2D eigenvalue weighted by Gasteiger charge is -2.06. The predicted octanol–water partition coefficient (Wildman–Crippen LogP) is 2.66. The van der Waals surface area contributed by atoms with Gasteiger partial charge in [0.15, 0.2) is 0 Å². The number of rotatable bonds is 8. The van der Waals surface area contributed by atoms with Crippen molar-refractivity contribution in [1.82, 2.24) is 0 Å². The lowest BCUT2D eigenvalue weighted by Crippen LogP contribution is -2.15. The van der Waals surface area contributed by atoms with E-state index in [9.17, 15) is 4.79 Å². The van der Waals surface area contributed by atoms with Crippen molar-refractivity contribution < 1.29 is 4.79 Å². The van der Waals surface area contributed by atoms with Crippen LogP contribution in [0.1, 0.15) is 25.3 Å². The normalized spacial score (nSPS) is 10.3. The van der Waals surface area contributed by atoms with Gasteiger partial charge in [-0.15, -0.1) is 0 Å². The van der Waals surface area contributed by atoms with Gasteiger partial charge in [-0.1, -0.05) is 25.5 Å². The van der Waals surface area contributed by atoms with Crippen LogP contribution in [-0.2, 0) is 11.2 Å². The number of benzene rings is 1. The molecule has 1 aromatic rings. The molecule has 0 radical (unpaired) electrons. The van der Waals surface area contributed by atoms with Crippen LogP contribution < -0.4 is 11.1 Å². The van der Waals surface area contributed by atoms with Crippen molar-refractivity contribution in [3.63, 3.8) is 0 Å². The minimum atomic E-state index is 0.0368. The molecule has 1 aromatic carbocycles. The molecule has 0 heterocycles. The number of nitrogens with one attached hydrogen (secondary N) is 1. The van der Waals surface area contributed by atoms with Crippen molar-refractivity contribution in [3.05, 3.63) is 29.8 Å². The predicted molar refractivity (Wildman–Crippen MR) is 80.1 cm³/mol. The first-order valence-electron chi connectivity index (χ1n) is 6.43. The molecule has 0 aliphatic heterocycles. The third-order valence-corrected chi connectivity index (χ3v) is 3.54. The zero-order valence-electron chi connectivity index (χ0n) is 10.9. The van der Waals surface area contributed by atoms with E-state index >= 15 is 0 Å². The molecule has 0 aliphatic rings. The minimum Gasteiger partial charge on any atom is -0.330 e. The van der Waals surface area contributed by atoms with E-state index in [2.05, 4.69) is 24.4 Å². The maximum Gasteiger partial charge on any atom is 0.234 e. The van der Waals surface area contributed by atoms with Gasteiger partial charge in [0.2, 0.25) is 5.91 Å². The molecule has 0 atom stereocenters. The standard InChI is InChI=1S/C14H22N2OS/c1-2-3-4-12-5-7-13(8-6-12)16-14(17)11-18-10-9-15/h5-8H,2-4,9-11,15H2,1H3,(H,16,17). The summed E-state index contributed by atoms with van der Waals surface area (Å²) in [5.41, 5.74) is 7.57. The van der Waals surface area contributed by atoms with Crippen molar-refractivity contribution in [2.75, 3.05) is 23.4 Å². The fourth-order valence-electron chi connectivity index (χ4n) is 1.58. The fourth-order valence-corrected chi connectivity index (χ4v) is 2.15. The number of hydrogen-bond acceptors (Lipinski definition) is 3. The lowest BCUT2D eigenvalue weighted by molar-refractivity contribution is -0.113. The molecule has 4 heteroatoms. The summed E-state index contributed by atoms with van der Waals surface area (Å²) in [6, 6.07) is 8.10. The summed E-state index contributed by atoms with van der Waals surface area (Å²) >= 11 is 1.56. The van der Waals surface area contributed by atoms with Gasteiger partial charge in [-0.25, -0.2) is 0 Å². The maximum absolute atomic E-state index is 11.6. The van der Waals surface area contributed by atoms with Gasteiger partial charge >= 0.3 is 0 Å². The van der Waals surface area contributed by atoms with Gasteiger partial charge in [0.1, 0.15) is 0 Å². The number of thioether (sulfide) groups is 1. The summed E-state index contributed by atoms with van der Waals surface area (Å²) in [6.45, 7) is 2.80. The summed E-state index contributed by atoms with van der Waals surface area (Å²) in [7, 11) is 0. The van der Waals surface area contributed by atoms with Gasteiger partial charge < -0.3 is 11.1 Å². The van der Waals surface area contributed by atoms with Crippen LogP contribution in [0.5, 0.6) is 0 Å². The van der Waals surface area contributed by atoms with Crippen molar-refractivity contribution in [2.45, 2.75) is 26.2 Å². The first-order chi connectivity index (χ1) is 8.76. The summed E-state index contributed by atoms with van der Waals surface area (Å²) < 4.78 is 0. The van der Waals surface area contributed by atoms with Gasteiger partial charge in [-0.2, -0.15) is 11.8 Å². The Bertz CT molecular complexity index is 351. The van der Waals surface area contributed by atoms with E-state index < -0.39 is 0 Å². The summed E-state index contributed by atoms with van der Waals surface area (Å²) in [4.78, 5) is 11.6. The van der Waals surface area contributed by atoms with Gasteiger partial charge in [-0.3, -0.25) is 4.79 Å². The highest BCUT2D eigenvalue weighted by atomic mass is 32.2. The smallest absolute Gasteiger partial charge is 0.234 e. The number of amides is 1. The molecular formula is C14H22N2OS. The van der Waals surface area contributed by atoms with Crippen molar-refractivity contribution in [2.24, 2.45) is 5.73 Å². The topological polar surface area (TPSA) is 55.1 Å². The van der Waals surface area contributed by atoms with Crippen LogP contribution in [0.2, 0.25) is 0 Å². The van der Waals surface area contributed by atoms with E-state index in [0.29, 0.717) is 12.3 Å². The number of nitrogens with two attached hydrogens (primary N) is 1. The third-order valence-electron chi connectivity index (χ3n) is 2.55. The van der Waals surface area contributed by atoms with E-state index in [4.69, 9.17) is 5.73 Å². The second kappa shape index (κ2) is 9.00. The zero-order valence-corrected chi connectivity index (χ0v) is 11.8. The highest BCUT2D eigenvalue weighted by Gasteiger charge is 2.02. The molecule has 0 saturated heterocycles. The van der Waals surface area contributed by atoms with Crippen molar-refractivity contribution in [1.29, 1.82) is 0 Å². The van der Waals surface area contributed by atoms with Gasteiger partial charge in [-0.05, 0) is 30.5 Å². The molecule has 0 aliphatic carbocycles. The molecule has 0 fully saturated rings. The van der Waals surface area contributed by atoms with Gasteiger partial charge in [0.25, 0.3) is 0 Å². The second-order valence-electron chi connectivity index (χ2n) is 4.19. The molecule has 0 saturated carbocycles. The SMILES string of the molecule is CCCCc1ccc(NC(=O)CSCCN)cc1. The number of aryl methyl sites for hydroxylation is 1. The van der Waals surface area contributed by atoms with Crippen LogP contribution in [0, 0.1) is 0 Å². The Morgan fingerprint density at radius 3 is 2.67 bits per heavy atom. The Morgan fingerprint density at radius 2 is 2.06 bits per heavy atom. The lowest BCUT2D eigenvalue weighted by atomic mass is 10.1. The van der Waals surface area contributed by atoms with E-state index in [1.807, 2.05) is 12.1 Å². The molecule has 3 nitrogen and oxygen atoms in total. The van der Waals surface area contributed by atoms with Gasteiger partial charge in [0, 0.05) is 18.0 Å². The molecular weight excluding hydrogens is 244 g/mol. The quantitative estimate of drug-likeness (QED) is 0.711. The average molecular weight is 266 g/mol. The fraction of sp³-hybridized carbons (Fsp3) is 0.500. The number of hydrogen-bond donors (Lipinski definition) is 2. The van der Waals surface area contributed by atoms with Crippen LogP contribution in [0.15, 0.2) is 24.3 Å². The molecule has 1 amide bonds. The van der Waals surface area contributed by atoms with Crippen LogP contribution in [0.4, 0.5) is 5.69 Å². The maximum atomic E-state index is 11.6. The summed E-state index contributed by atoms with van der Waals surface area (Å²) in [5.74, 6) is 1.33.